The summed E-state index contributed by atoms with van der Waals surface area (Å²) in [4.78, 5) is 15.3. The Bertz CT molecular complexity index is 245. The van der Waals surface area contributed by atoms with Crippen molar-refractivity contribution in [2.45, 2.75) is 25.2 Å². The molecule has 1 aliphatic heterocycles. The summed E-state index contributed by atoms with van der Waals surface area (Å²) in [6.07, 6.45) is -0.358. The van der Waals surface area contributed by atoms with Crippen LogP contribution >= 0.6 is 11.8 Å². The van der Waals surface area contributed by atoms with Crippen LogP contribution in [-0.4, -0.2) is 36.1 Å². The minimum atomic E-state index is -0.565. The molecule has 0 aromatic rings. The average Bonchev–Trinajstić information content (AvgIpc) is 2.19. The molecule has 1 rings (SSSR count). The smallest absolute Gasteiger partial charge is 0.370 e. The van der Waals surface area contributed by atoms with Gasteiger partial charge in [0.05, 0.1) is 12.7 Å². The first kappa shape index (κ1) is 11.3. The van der Waals surface area contributed by atoms with Gasteiger partial charge in [0, 0.05) is 12.3 Å². The molecule has 5 nitrogen and oxygen atoms in total. The second kappa shape index (κ2) is 5.21. The van der Waals surface area contributed by atoms with Crippen molar-refractivity contribution in [3.8, 4) is 0 Å². The molecule has 1 saturated heterocycles. The van der Waals surface area contributed by atoms with Crippen molar-refractivity contribution >= 4 is 22.9 Å². The van der Waals surface area contributed by atoms with Gasteiger partial charge in [-0.15, -0.1) is 0 Å². The first-order valence-electron chi connectivity index (χ1n) is 4.37. The molecule has 80 valence electrons. The van der Waals surface area contributed by atoms with Crippen molar-refractivity contribution in [1.82, 2.24) is 5.32 Å². The van der Waals surface area contributed by atoms with Crippen molar-refractivity contribution in [1.29, 1.82) is 0 Å². The number of carbonyl (C=O) groups is 1. The lowest BCUT2D eigenvalue weighted by atomic mass is 10.3. The number of nitrogens with zero attached hydrogens (tertiary/aromatic N) is 1. The van der Waals surface area contributed by atoms with E-state index in [1.165, 1.54) is 7.05 Å². The van der Waals surface area contributed by atoms with Crippen LogP contribution in [0, 0.1) is 0 Å². The van der Waals surface area contributed by atoms with E-state index in [0.29, 0.717) is 16.9 Å². The zero-order chi connectivity index (χ0) is 10.6. The van der Waals surface area contributed by atoms with Crippen LogP contribution in [-0.2, 0) is 9.57 Å². The summed E-state index contributed by atoms with van der Waals surface area (Å²) >= 11 is 1.57. The molecule has 1 heterocycles. The van der Waals surface area contributed by atoms with Gasteiger partial charge in [0.25, 0.3) is 0 Å². The highest BCUT2D eigenvalue weighted by Gasteiger charge is 2.23. The molecule has 0 aliphatic carbocycles. The number of amides is 1. The SMILES string of the molecule is CNC(=O)ON=C1COC(C)C(C)S1. The molecule has 2 atom stereocenters. The van der Waals surface area contributed by atoms with E-state index in [1.807, 2.05) is 13.8 Å². The van der Waals surface area contributed by atoms with E-state index < -0.39 is 6.09 Å². The van der Waals surface area contributed by atoms with Crippen LogP contribution in [0.25, 0.3) is 0 Å². The predicted molar refractivity (Wildman–Crippen MR) is 55.4 cm³/mol. The van der Waals surface area contributed by atoms with Gasteiger partial charge in [-0.1, -0.05) is 23.8 Å². The van der Waals surface area contributed by atoms with Gasteiger partial charge in [0.1, 0.15) is 5.04 Å². The summed E-state index contributed by atoms with van der Waals surface area (Å²) in [6.45, 7) is 4.46. The molecule has 2 unspecified atom stereocenters. The molecular weight excluding hydrogens is 204 g/mol. The van der Waals surface area contributed by atoms with Crippen LogP contribution in [0.1, 0.15) is 13.8 Å². The fourth-order valence-electron chi connectivity index (χ4n) is 0.869. The summed E-state index contributed by atoms with van der Waals surface area (Å²) in [7, 11) is 1.48. The molecule has 0 saturated carbocycles. The molecule has 1 aliphatic rings. The molecule has 6 heteroatoms. The number of hydrogen-bond acceptors (Lipinski definition) is 5. The Morgan fingerprint density at radius 2 is 2.43 bits per heavy atom. The zero-order valence-electron chi connectivity index (χ0n) is 8.44. The number of rotatable bonds is 1. The minimum Gasteiger partial charge on any atom is -0.370 e. The quantitative estimate of drug-likeness (QED) is 0.530. The highest BCUT2D eigenvalue weighted by atomic mass is 32.2. The molecule has 0 aromatic carbocycles. The van der Waals surface area contributed by atoms with Gasteiger partial charge in [0.15, 0.2) is 0 Å². The van der Waals surface area contributed by atoms with Gasteiger partial charge < -0.3 is 10.1 Å². The highest BCUT2D eigenvalue weighted by molar-refractivity contribution is 8.14. The summed E-state index contributed by atoms with van der Waals surface area (Å²) in [6, 6.07) is 0. The Labute approximate surface area is 87.2 Å². The van der Waals surface area contributed by atoms with Gasteiger partial charge in [-0.25, -0.2) is 4.79 Å². The van der Waals surface area contributed by atoms with Gasteiger partial charge in [0.2, 0.25) is 0 Å². The Kier molecular flexibility index (Phi) is 4.21. The molecule has 1 amide bonds. The zero-order valence-corrected chi connectivity index (χ0v) is 9.26. The molecular formula is C8H14N2O3S. The van der Waals surface area contributed by atoms with Crippen LogP contribution in [0.15, 0.2) is 5.16 Å². The van der Waals surface area contributed by atoms with E-state index in [-0.39, 0.29) is 6.10 Å². The lowest BCUT2D eigenvalue weighted by Crippen LogP contribution is -2.30. The van der Waals surface area contributed by atoms with Crippen molar-refractivity contribution in [3.63, 3.8) is 0 Å². The van der Waals surface area contributed by atoms with E-state index in [1.54, 1.807) is 11.8 Å². The maximum absolute atomic E-state index is 10.7. The van der Waals surface area contributed by atoms with Gasteiger partial charge in [-0.2, -0.15) is 0 Å². The second-order valence-electron chi connectivity index (χ2n) is 2.95. The minimum absolute atomic E-state index is 0.207. The van der Waals surface area contributed by atoms with Crippen LogP contribution in [0.3, 0.4) is 0 Å². The monoisotopic (exact) mass is 218 g/mol. The largest absolute Gasteiger partial charge is 0.433 e. The number of hydrogen-bond donors (Lipinski definition) is 1. The third-order valence-electron chi connectivity index (χ3n) is 1.89. The third kappa shape index (κ3) is 3.19. The first-order valence-corrected chi connectivity index (χ1v) is 5.25. The number of thioether (sulfide) groups is 1. The molecule has 14 heavy (non-hydrogen) atoms. The lowest BCUT2D eigenvalue weighted by Gasteiger charge is -2.25. The van der Waals surface area contributed by atoms with E-state index in [0.717, 1.165) is 0 Å². The van der Waals surface area contributed by atoms with E-state index >= 15 is 0 Å². The summed E-state index contributed by atoms with van der Waals surface area (Å²) in [5.41, 5.74) is 0. The molecule has 1 fully saturated rings. The van der Waals surface area contributed by atoms with Crippen LogP contribution in [0.2, 0.25) is 0 Å². The number of nitrogens with one attached hydrogen (secondary N) is 1. The van der Waals surface area contributed by atoms with E-state index in [4.69, 9.17) is 4.74 Å². The molecule has 0 aromatic heterocycles. The van der Waals surface area contributed by atoms with Gasteiger partial charge >= 0.3 is 6.09 Å². The number of carbonyl (C=O) groups excluding carboxylic acids is 1. The fraction of sp³-hybridized carbons (Fsp3) is 0.750. The van der Waals surface area contributed by atoms with Gasteiger partial charge in [-0.05, 0) is 6.92 Å². The Morgan fingerprint density at radius 1 is 1.71 bits per heavy atom. The van der Waals surface area contributed by atoms with Crippen molar-refractivity contribution < 1.29 is 14.4 Å². The average molecular weight is 218 g/mol. The van der Waals surface area contributed by atoms with Crippen LogP contribution in [0.4, 0.5) is 4.79 Å². The maximum atomic E-state index is 10.7. The van der Waals surface area contributed by atoms with Crippen LogP contribution in [0.5, 0.6) is 0 Å². The third-order valence-corrected chi connectivity index (χ3v) is 3.11. The van der Waals surface area contributed by atoms with E-state index in [2.05, 4.69) is 15.3 Å². The summed E-state index contributed by atoms with van der Waals surface area (Å²) < 4.78 is 5.41. The van der Waals surface area contributed by atoms with Crippen molar-refractivity contribution in [3.05, 3.63) is 0 Å². The maximum Gasteiger partial charge on any atom is 0.433 e. The molecule has 0 bridgehead atoms. The standard InChI is InChI=1S/C8H14N2O3S/c1-5-6(2)14-7(4-12-5)10-13-8(11)9-3/h5-6H,4H2,1-3H3,(H,9,11). The second-order valence-corrected chi connectivity index (χ2v) is 4.40. The topological polar surface area (TPSA) is 59.9 Å². The fourth-order valence-corrected chi connectivity index (χ4v) is 1.78. The van der Waals surface area contributed by atoms with E-state index in [9.17, 15) is 4.79 Å². The van der Waals surface area contributed by atoms with Crippen LogP contribution < -0.4 is 5.32 Å². The Morgan fingerprint density at radius 3 is 3.00 bits per heavy atom. The predicted octanol–water partition coefficient (Wildman–Crippen LogP) is 1.20. The molecule has 0 spiro atoms. The number of ether oxygens (including phenoxy) is 1. The van der Waals surface area contributed by atoms with Crippen molar-refractivity contribution in [2.75, 3.05) is 13.7 Å². The molecule has 1 N–H and O–H groups in total. The number of oxime groups is 1. The summed E-state index contributed by atoms with van der Waals surface area (Å²) in [5.74, 6) is 0. The lowest BCUT2D eigenvalue weighted by molar-refractivity contribution is 0.0920. The first-order chi connectivity index (χ1) is 6.63. The molecule has 0 radical (unpaired) electrons. The normalized spacial score (nSPS) is 30.1. The Hall–Kier alpha value is -0.750. The highest BCUT2D eigenvalue weighted by Crippen LogP contribution is 2.23. The Balaban J connectivity index is 2.42. The van der Waals surface area contributed by atoms with Gasteiger partial charge in [-0.3, -0.25) is 4.84 Å². The summed E-state index contributed by atoms with van der Waals surface area (Å²) in [5, 5.41) is 7.01. The van der Waals surface area contributed by atoms with Crippen molar-refractivity contribution in [2.24, 2.45) is 5.16 Å².